The van der Waals surface area contributed by atoms with Crippen LogP contribution in [0.15, 0.2) is 11.7 Å². The first kappa shape index (κ1) is 4.67. The molecule has 0 spiro atoms. The largest absolute Gasteiger partial charge is 0.462 e. The summed E-state index contributed by atoms with van der Waals surface area (Å²) in [7, 11) is -2.32. The molecule has 0 radical (unpaired) electrons. The van der Waals surface area contributed by atoms with Crippen LogP contribution in [-0.4, -0.2) is 9.76 Å². The fraction of sp³-hybridized carbons (Fsp3) is 0. The fourth-order valence-electron chi connectivity index (χ4n) is 0.270. The number of hydrogen-bond acceptors (Lipinski definition) is 2. The molecule has 0 bridgehead atoms. The van der Waals surface area contributed by atoms with Crippen LogP contribution in [0, 0.1) is 0 Å². The first-order valence-electron chi connectivity index (χ1n) is 1.68. The number of nitrogens with two attached hydrogens (primary N) is 1. The molecule has 4 heteroatoms. The van der Waals surface area contributed by atoms with Crippen molar-refractivity contribution in [3.63, 3.8) is 0 Å². The van der Waals surface area contributed by atoms with Gasteiger partial charge in [0.2, 0.25) is 0 Å². The molecule has 1 atom stereocenters. The summed E-state index contributed by atoms with van der Waals surface area (Å²) in [5.74, 6) is 0. The minimum atomic E-state index is -2.32. The second-order valence-corrected chi connectivity index (χ2v) is 3.06. The fourth-order valence-corrected chi connectivity index (χ4v) is 0.810. The van der Waals surface area contributed by atoms with Crippen molar-refractivity contribution >= 4 is 15.3 Å². The van der Waals surface area contributed by atoms with Crippen LogP contribution in [0.25, 0.3) is 0 Å². The van der Waals surface area contributed by atoms with Crippen LogP contribution in [-0.2, 0) is 14.4 Å². The van der Waals surface area contributed by atoms with Crippen molar-refractivity contribution in [2.24, 2.45) is 5.14 Å². The van der Waals surface area contributed by atoms with Gasteiger partial charge in [-0.3, -0.25) is 5.14 Å². The van der Waals surface area contributed by atoms with Crippen molar-refractivity contribution < 1.29 is 8.95 Å². The highest BCUT2D eigenvalue weighted by Gasteiger charge is 1.96. The van der Waals surface area contributed by atoms with E-state index in [9.17, 15) is 4.21 Å². The van der Waals surface area contributed by atoms with E-state index in [1.54, 1.807) is 0 Å². The Labute approximate surface area is 41.9 Å². The van der Waals surface area contributed by atoms with Gasteiger partial charge in [0.05, 0.1) is 9.71 Å². The molecule has 1 aliphatic heterocycles. The standard InChI is InChI=1S/C3H5NO2S/c4-7(5)2-1-6-3-7/h1-3H,(H2,4,5). The van der Waals surface area contributed by atoms with Crippen LogP contribution < -0.4 is 5.14 Å². The van der Waals surface area contributed by atoms with Gasteiger partial charge >= 0.3 is 0 Å². The lowest BCUT2D eigenvalue weighted by molar-refractivity contribution is 0.509. The molecule has 1 unspecified atom stereocenters. The molecule has 0 aromatic rings. The Bertz CT molecular complexity index is 199. The molecule has 0 amide bonds. The van der Waals surface area contributed by atoms with Crippen molar-refractivity contribution in [2.75, 3.05) is 0 Å². The summed E-state index contributed by atoms with van der Waals surface area (Å²) >= 11 is 0. The Morgan fingerprint density at radius 1 is 1.71 bits per heavy atom. The molecule has 1 aliphatic rings. The van der Waals surface area contributed by atoms with E-state index >= 15 is 0 Å². The average Bonchev–Trinajstić information content (AvgIpc) is 1.84. The molecule has 0 saturated carbocycles. The molecule has 0 aromatic carbocycles. The summed E-state index contributed by atoms with van der Waals surface area (Å²) in [5.41, 5.74) is 1.12. The maximum Gasteiger partial charge on any atom is 0.160 e. The third-order valence-electron chi connectivity index (χ3n) is 0.553. The SMILES string of the molecule is NS1(=O)=COC=C1. The maximum absolute atomic E-state index is 10.5. The van der Waals surface area contributed by atoms with Gasteiger partial charge in [0, 0.05) is 5.41 Å². The van der Waals surface area contributed by atoms with Gasteiger partial charge in [0.1, 0.15) is 6.26 Å². The van der Waals surface area contributed by atoms with Crippen molar-refractivity contribution in [2.45, 2.75) is 0 Å². The van der Waals surface area contributed by atoms with E-state index in [0.29, 0.717) is 0 Å². The second-order valence-electron chi connectivity index (χ2n) is 1.20. The maximum atomic E-state index is 10.5. The predicted molar refractivity (Wildman–Crippen MR) is 28.6 cm³/mol. The van der Waals surface area contributed by atoms with Crippen LogP contribution >= 0.6 is 0 Å². The summed E-state index contributed by atoms with van der Waals surface area (Å²) in [6, 6.07) is 0. The molecule has 2 N–H and O–H groups in total. The van der Waals surface area contributed by atoms with E-state index in [-0.39, 0.29) is 0 Å². The molecular weight excluding hydrogens is 114 g/mol. The van der Waals surface area contributed by atoms with E-state index in [1.807, 2.05) is 0 Å². The summed E-state index contributed by atoms with van der Waals surface area (Å²) in [6.07, 6.45) is 1.31. The van der Waals surface area contributed by atoms with Gasteiger partial charge in [-0.05, 0) is 0 Å². The highest BCUT2D eigenvalue weighted by Crippen LogP contribution is 1.91. The topological polar surface area (TPSA) is 52.3 Å². The van der Waals surface area contributed by atoms with E-state index in [4.69, 9.17) is 5.14 Å². The molecule has 0 aliphatic carbocycles. The Balaban J connectivity index is 3.13. The Hall–Kier alpha value is -0.480. The quantitative estimate of drug-likeness (QED) is 0.433. The molecular formula is C3H5NO2S. The molecule has 0 aromatic heterocycles. The normalized spacial score (nSPS) is 37.3. The summed E-state index contributed by atoms with van der Waals surface area (Å²) in [4.78, 5) is 0. The molecule has 0 saturated heterocycles. The predicted octanol–water partition coefficient (Wildman–Crippen LogP) is -0.594. The Morgan fingerprint density at radius 2 is 2.43 bits per heavy atom. The van der Waals surface area contributed by atoms with Crippen molar-refractivity contribution in [3.05, 3.63) is 11.7 Å². The van der Waals surface area contributed by atoms with Crippen LogP contribution in [0.4, 0.5) is 0 Å². The van der Waals surface area contributed by atoms with E-state index in [1.165, 1.54) is 11.7 Å². The molecule has 1 heterocycles. The van der Waals surface area contributed by atoms with Gasteiger partial charge in [-0.25, -0.2) is 4.21 Å². The molecule has 1 rings (SSSR count). The minimum Gasteiger partial charge on any atom is -0.462 e. The first-order chi connectivity index (χ1) is 3.21. The lowest BCUT2D eigenvalue weighted by Crippen LogP contribution is -2.07. The van der Waals surface area contributed by atoms with Gasteiger partial charge in [-0.15, -0.1) is 0 Å². The van der Waals surface area contributed by atoms with Crippen molar-refractivity contribution in [1.82, 2.24) is 0 Å². The molecule has 40 valence electrons. The number of hydrogen-bond donors (Lipinski definition) is 1. The Kier molecular flexibility index (Phi) is 0.831. The summed E-state index contributed by atoms with van der Waals surface area (Å²) in [5, 5.41) is 6.36. The van der Waals surface area contributed by atoms with Gasteiger partial charge in [0.15, 0.2) is 5.55 Å². The summed E-state index contributed by atoms with van der Waals surface area (Å²) in [6.45, 7) is 0. The minimum absolute atomic E-state index is 1.12. The lowest BCUT2D eigenvalue weighted by Gasteiger charge is -1.81. The first-order valence-corrected chi connectivity index (χ1v) is 3.43. The molecule has 0 fully saturated rings. The highest BCUT2D eigenvalue weighted by atomic mass is 32.2. The third kappa shape index (κ3) is 0.942. The monoisotopic (exact) mass is 119 g/mol. The van der Waals surface area contributed by atoms with Gasteiger partial charge < -0.3 is 4.74 Å². The van der Waals surface area contributed by atoms with Gasteiger partial charge in [-0.2, -0.15) is 0 Å². The zero-order valence-electron chi connectivity index (χ0n) is 3.53. The van der Waals surface area contributed by atoms with Crippen molar-refractivity contribution in [1.29, 1.82) is 0 Å². The average molecular weight is 119 g/mol. The highest BCUT2D eigenvalue weighted by molar-refractivity contribution is 8.01. The summed E-state index contributed by atoms with van der Waals surface area (Å²) < 4.78 is 15.0. The smallest absolute Gasteiger partial charge is 0.160 e. The van der Waals surface area contributed by atoms with Crippen LogP contribution in [0.3, 0.4) is 0 Å². The molecule has 3 nitrogen and oxygen atoms in total. The van der Waals surface area contributed by atoms with E-state index in [0.717, 1.165) is 5.55 Å². The second kappa shape index (κ2) is 1.24. The van der Waals surface area contributed by atoms with Crippen molar-refractivity contribution in [3.8, 4) is 0 Å². The zero-order valence-corrected chi connectivity index (χ0v) is 4.35. The number of rotatable bonds is 0. The third-order valence-corrected chi connectivity index (χ3v) is 1.50. The van der Waals surface area contributed by atoms with Gasteiger partial charge in [0.25, 0.3) is 0 Å². The van der Waals surface area contributed by atoms with E-state index < -0.39 is 9.71 Å². The Morgan fingerprint density at radius 3 is 2.57 bits per heavy atom. The number of ether oxygens (including phenoxy) is 1. The lowest BCUT2D eigenvalue weighted by atomic mass is 11.1. The van der Waals surface area contributed by atoms with Crippen LogP contribution in [0.1, 0.15) is 0 Å². The molecule has 7 heavy (non-hydrogen) atoms. The van der Waals surface area contributed by atoms with Gasteiger partial charge in [-0.1, -0.05) is 0 Å². The van der Waals surface area contributed by atoms with Crippen LogP contribution in [0.5, 0.6) is 0 Å². The zero-order chi connectivity index (χ0) is 5.33. The van der Waals surface area contributed by atoms with Crippen LogP contribution in [0.2, 0.25) is 0 Å². The van der Waals surface area contributed by atoms with E-state index in [2.05, 4.69) is 4.74 Å².